The SMILES string of the molecule is CCn1nc(C2=C(c3c[nH]c4ccccc34)C(=O)N(c3ccccc3)C2=O)c2cccnc21. The van der Waals surface area contributed by atoms with E-state index in [9.17, 15) is 9.59 Å². The smallest absolute Gasteiger partial charge is 0.268 e. The van der Waals surface area contributed by atoms with Gasteiger partial charge >= 0.3 is 0 Å². The minimum atomic E-state index is -0.391. The topological polar surface area (TPSA) is 83.9 Å². The van der Waals surface area contributed by atoms with Crippen molar-refractivity contribution >= 4 is 50.6 Å². The summed E-state index contributed by atoms with van der Waals surface area (Å²) in [4.78, 5) is 36.6. The Balaban J connectivity index is 1.67. The second kappa shape index (κ2) is 7.27. The number of aryl methyl sites for hydroxylation is 1. The molecule has 1 aliphatic heterocycles. The van der Waals surface area contributed by atoms with Crippen LogP contribution in [-0.4, -0.2) is 31.6 Å². The van der Waals surface area contributed by atoms with E-state index in [0.717, 1.165) is 16.3 Å². The number of nitrogens with zero attached hydrogens (tertiary/aromatic N) is 4. The molecule has 0 spiro atoms. The van der Waals surface area contributed by atoms with Gasteiger partial charge in [0.1, 0.15) is 5.69 Å². The molecule has 0 aliphatic carbocycles. The first-order valence-electron chi connectivity index (χ1n) is 10.8. The number of hydrogen-bond donors (Lipinski definition) is 1. The van der Waals surface area contributed by atoms with E-state index in [1.165, 1.54) is 4.90 Å². The first kappa shape index (κ1) is 19.2. The van der Waals surface area contributed by atoms with Gasteiger partial charge in [0.15, 0.2) is 5.65 Å². The molecule has 0 saturated heterocycles. The lowest BCUT2D eigenvalue weighted by molar-refractivity contribution is -0.119. The van der Waals surface area contributed by atoms with E-state index < -0.39 is 5.91 Å². The van der Waals surface area contributed by atoms with Crippen LogP contribution in [0.15, 0.2) is 79.1 Å². The van der Waals surface area contributed by atoms with Crippen LogP contribution in [-0.2, 0) is 16.1 Å². The second-order valence-electron chi connectivity index (χ2n) is 7.82. The van der Waals surface area contributed by atoms with Gasteiger partial charge in [0, 0.05) is 40.8 Å². The highest BCUT2D eigenvalue weighted by atomic mass is 16.2. The summed E-state index contributed by atoms with van der Waals surface area (Å²) in [6, 6.07) is 20.4. The molecule has 6 rings (SSSR count). The first-order valence-corrected chi connectivity index (χ1v) is 10.8. The molecule has 5 aromatic rings. The van der Waals surface area contributed by atoms with Gasteiger partial charge < -0.3 is 4.98 Å². The molecule has 33 heavy (non-hydrogen) atoms. The number of imide groups is 1. The summed E-state index contributed by atoms with van der Waals surface area (Å²) >= 11 is 0. The zero-order valence-electron chi connectivity index (χ0n) is 17.8. The summed E-state index contributed by atoms with van der Waals surface area (Å²) < 4.78 is 1.76. The normalized spacial score (nSPS) is 14.3. The number of carbonyl (C=O) groups excluding carboxylic acids is 2. The van der Waals surface area contributed by atoms with Gasteiger partial charge in [0.2, 0.25) is 0 Å². The molecule has 1 aliphatic rings. The molecule has 0 fully saturated rings. The lowest BCUT2D eigenvalue weighted by atomic mass is 9.98. The highest BCUT2D eigenvalue weighted by Crippen LogP contribution is 2.41. The number of H-pyrrole nitrogens is 1. The molecule has 7 heteroatoms. The third kappa shape index (κ3) is 2.75. The predicted octanol–water partition coefficient (Wildman–Crippen LogP) is 4.42. The molecular weight excluding hydrogens is 414 g/mol. The summed E-state index contributed by atoms with van der Waals surface area (Å²) in [6.07, 6.45) is 3.49. The van der Waals surface area contributed by atoms with Gasteiger partial charge in [-0.3, -0.25) is 9.59 Å². The molecule has 0 radical (unpaired) electrons. The van der Waals surface area contributed by atoms with Crippen LogP contribution in [0.1, 0.15) is 18.2 Å². The third-order valence-electron chi connectivity index (χ3n) is 6.00. The number of benzene rings is 2. The van der Waals surface area contributed by atoms with Crippen molar-refractivity contribution in [2.75, 3.05) is 4.90 Å². The van der Waals surface area contributed by atoms with Crippen molar-refractivity contribution in [3.05, 3.63) is 90.4 Å². The average molecular weight is 433 g/mol. The van der Waals surface area contributed by atoms with Crippen molar-refractivity contribution in [2.24, 2.45) is 0 Å². The van der Waals surface area contributed by atoms with Crippen LogP contribution in [0, 0.1) is 0 Å². The van der Waals surface area contributed by atoms with Crippen LogP contribution in [0.25, 0.3) is 33.1 Å². The van der Waals surface area contributed by atoms with Crippen molar-refractivity contribution in [1.82, 2.24) is 19.7 Å². The van der Waals surface area contributed by atoms with Gasteiger partial charge in [-0.25, -0.2) is 14.6 Å². The standard InChI is InChI=1S/C26H19N5O2/c1-2-30-24-18(12-8-14-27-24)23(29-30)22-21(19-15-28-20-13-7-6-11-17(19)20)25(32)31(26(22)33)16-9-4-3-5-10-16/h3-15,28H,2H2,1H3. The number of nitrogens with one attached hydrogen (secondary N) is 1. The first-order chi connectivity index (χ1) is 16.2. The highest BCUT2D eigenvalue weighted by Gasteiger charge is 2.43. The van der Waals surface area contributed by atoms with Crippen LogP contribution in [0.5, 0.6) is 0 Å². The molecule has 7 nitrogen and oxygen atoms in total. The Kier molecular flexibility index (Phi) is 4.23. The molecule has 0 unspecified atom stereocenters. The van der Waals surface area contributed by atoms with Gasteiger partial charge in [-0.05, 0) is 37.3 Å². The quantitative estimate of drug-likeness (QED) is 0.426. The van der Waals surface area contributed by atoms with Gasteiger partial charge in [0.25, 0.3) is 11.8 Å². The number of aromatic nitrogens is 4. The molecule has 0 saturated carbocycles. The number of anilines is 1. The fraction of sp³-hybridized carbons (Fsp3) is 0.0769. The van der Waals surface area contributed by atoms with E-state index in [2.05, 4.69) is 9.97 Å². The van der Waals surface area contributed by atoms with Crippen LogP contribution in [0.4, 0.5) is 5.69 Å². The number of pyridine rings is 1. The number of hydrogen-bond acceptors (Lipinski definition) is 4. The third-order valence-corrected chi connectivity index (χ3v) is 6.00. The number of para-hydroxylation sites is 2. The molecule has 0 bridgehead atoms. The predicted molar refractivity (Wildman–Crippen MR) is 127 cm³/mol. The van der Waals surface area contributed by atoms with E-state index in [4.69, 9.17) is 5.10 Å². The van der Waals surface area contributed by atoms with Gasteiger partial charge in [-0.1, -0.05) is 36.4 Å². The summed E-state index contributed by atoms with van der Waals surface area (Å²) in [7, 11) is 0. The largest absolute Gasteiger partial charge is 0.361 e. The van der Waals surface area contributed by atoms with Crippen LogP contribution in [0.3, 0.4) is 0 Å². The average Bonchev–Trinajstić information content (AvgIpc) is 3.51. The Morgan fingerprint density at radius 2 is 1.58 bits per heavy atom. The molecule has 160 valence electrons. The Morgan fingerprint density at radius 1 is 0.848 bits per heavy atom. The number of fused-ring (bicyclic) bond motifs is 2. The summed E-state index contributed by atoms with van der Waals surface area (Å²) in [5, 5.41) is 6.34. The Labute approximate surface area is 189 Å². The number of carbonyl (C=O) groups is 2. The minimum absolute atomic E-state index is 0.291. The van der Waals surface area contributed by atoms with E-state index in [1.807, 2.05) is 61.5 Å². The summed E-state index contributed by atoms with van der Waals surface area (Å²) in [5.74, 6) is -0.757. The maximum absolute atomic E-state index is 13.9. The summed E-state index contributed by atoms with van der Waals surface area (Å²) in [5.41, 5.74) is 3.88. The van der Waals surface area contributed by atoms with Gasteiger partial charge in [-0.15, -0.1) is 0 Å². The number of aromatic amines is 1. The fourth-order valence-electron chi connectivity index (χ4n) is 4.50. The lowest BCUT2D eigenvalue weighted by Crippen LogP contribution is -2.31. The van der Waals surface area contributed by atoms with E-state index >= 15 is 0 Å². The van der Waals surface area contributed by atoms with Crippen molar-refractivity contribution in [3.8, 4) is 0 Å². The molecule has 2 aromatic carbocycles. The maximum Gasteiger partial charge on any atom is 0.268 e. The molecule has 1 N–H and O–H groups in total. The molecule has 2 amide bonds. The molecular formula is C26H19N5O2. The van der Waals surface area contributed by atoms with Crippen molar-refractivity contribution in [3.63, 3.8) is 0 Å². The van der Waals surface area contributed by atoms with E-state index in [1.54, 1.807) is 29.2 Å². The van der Waals surface area contributed by atoms with Crippen LogP contribution < -0.4 is 4.90 Å². The highest BCUT2D eigenvalue weighted by molar-refractivity contribution is 6.58. The summed E-state index contributed by atoms with van der Waals surface area (Å²) in [6.45, 7) is 2.56. The second-order valence-corrected chi connectivity index (χ2v) is 7.82. The Bertz CT molecular complexity index is 1590. The van der Waals surface area contributed by atoms with E-state index in [-0.39, 0.29) is 5.91 Å². The van der Waals surface area contributed by atoms with Crippen LogP contribution in [0.2, 0.25) is 0 Å². The molecule has 0 atom stereocenters. The Hall–Kier alpha value is -4.52. The monoisotopic (exact) mass is 433 g/mol. The number of amides is 2. The van der Waals surface area contributed by atoms with E-state index in [0.29, 0.717) is 40.3 Å². The van der Waals surface area contributed by atoms with Crippen LogP contribution >= 0.6 is 0 Å². The van der Waals surface area contributed by atoms with Crippen molar-refractivity contribution in [2.45, 2.75) is 13.5 Å². The maximum atomic E-state index is 13.9. The Morgan fingerprint density at radius 3 is 2.39 bits per heavy atom. The van der Waals surface area contributed by atoms with Gasteiger partial charge in [-0.2, -0.15) is 5.10 Å². The zero-order chi connectivity index (χ0) is 22.5. The lowest BCUT2D eigenvalue weighted by Gasteiger charge is -2.14. The molecule has 3 aromatic heterocycles. The van der Waals surface area contributed by atoms with Crippen molar-refractivity contribution in [1.29, 1.82) is 0 Å². The zero-order valence-corrected chi connectivity index (χ0v) is 17.8. The fourth-order valence-corrected chi connectivity index (χ4v) is 4.50. The number of rotatable bonds is 4. The minimum Gasteiger partial charge on any atom is -0.361 e. The molecule has 4 heterocycles. The van der Waals surface area contributed by atoms with Crippen molar-refractivity contribution < 1.29 is 9.59 Å². The van der Waals surface area contributed by atoms with Gasteiger partial charge in [0.05, 0.1) is 16.8 Å².